The lowest BCUT2D eigenvalue weighted by Crippen LogP contribution is -2.36. The summed E-state index contributed by atoms with van der Waals surface area (Å²) < 4.78 is 2.53. The molecular formula is C7H19NSi2. The lowest BCUT2D eigenvalue weighted by atomic mass is 10.9. The van der Waals surface area contributed by atoms with Crippen molar-refractivity contribution in [3.05, 3.63) is 0 Å². The molecule has 0 saturated carbocycles. The van der Waals surface area contributed by atoms with Gasteiger partial charge in [-0.2, -0.15) is 0 Å². The Balaban J connectivity index is 2.26. The monoisotopic (exact) mass is 173 g/mol. The van der Waals surface area contributed by atoms with Crippen molar-refractivity contribution in [2.45, 2.75) is 30.7 Å². The Bertz CT molecular complexity index is 97.8. The maximum Gasteiger partial charge on any atom is 0.110 e. The average Bonchev–Trinajstić information content (AvgIpc) is 1.88. The second-order valence-electron chi connectivity index (χ2n) is 3.88. The Morgan fingerprint density at radius 1 is 1.00 bits per heavy atom. The summed E-state index contributed by atoms with van der Waals surface area (Å²) >= 11 is 0. The largest absolute Gasteiger partial charge is 0.331 e. The molecule has 1 fully saturated rings. The minimum atomic E-state index is -0.370. The van der Waals surface area contributed by atoms with Crippen LogP contribution in [0.3, 0.4) is 0 Å². The summed E-state index contributed by atoms with van der Waals surface area (Å²) in [6.07, 6.45) is 0. The van der Waals surface area contributed by atoms with E-state index in [1.165, 1.54) is 0 Å². The number of nitrogens with zero attached hydrogens (tertiary/aromatic N) is 1. The summed E-state index contributed by atoms with van der Waals surface area (Å²) in [6.45, 7) is 2.53. The van der Waals surface area contributed by atoms with Crippen molar-refractivity contribution >= 4 is 17.8 Å². The topological polar surface area (TPSA) is 3.24 Å². The summed E-state index contributed by atoms with van der Waals surface area (Å²) in [5.74, 6) is 0. The Labute approximate surface area is 67.7 Å². The zero-order chi connectivity index (χ0) is 7.56. The van der Waals surface area contributed by atoms with Gasteiger partial charge in [-0.05, 0) is 26.2 Å². The highest BCUT2D eigenvalue weighted by molar-refractivity contribution is 6.67. The van der Waals surface area contributed by atoms with Crippen molar-refractivity contribution in [3.8, 4) is 0 Å². The SMILES string of the molecule is CN(C)[SiH]1CC[SiH](C)CC1. The zero-order valence-electron chi connectivity index (χ0n) is 7.43. The quantitative estimate of drug-likeness (QED) is 0.538. The molecule has 0 spiro atoms. The summed E-state index contributed by atoms with van der Waals surface area (Å²) in [4.78, 5) is 0. The minimum absolute atomic E-state index is 0.166. The highest BCUT2D eigenvalue weighted by Gasteiger charge is 2.21. The number of hydrogen-bond donors (Lipinski definition) is 0. The fourth-order valence-electron chi connectivity index (χ4n) is 1.76. The van der Waals surface area contributed by atoms with Crippen LogP contribution in [0, 0.1) is 0 Å². The van der Waals surface area contributed by atoms with Crippen LogP contribution in [0.1, 0.15) is 0 Å². The molecule has 0 aromatic heterocycles. The molecule has 1 saturated heterocycles. The van der Waals surface area contributed by atoms with Crippen LogP contribution < -0.4 is 0 Å². The maximum absolute atomic E-state index is 2.53. The maximum atomic E-state index is 2.53. The van der Waals surface area contributed by atoms with Crippen molar-refractivity contribution in [2.24, 2.45) is 0 Å². The van der Waals surface area contributed by atoms with Crippen LogP contribution in [0.4, 0.5) is 0 Å². The van der Waals surface area contributed by atoms with Crippen LogP contribution in [0.5, 0.6) is 0 Å². The van der Waals surface area contributed by atoms with Gasteiger partial charge in [-0.15, -0.1) is 0 Å². The third kappa shape index (κ3) is 2.21. The predicted octanol–water partition coefficient (Wildman–Crippen LogP) is 1.14. The van der Waals surface area contributed by atoms with Gasteiger partial charge in [0.2, 0.25) is 0 Å². The molecule has 0 radical (unpaired) electrons. The molecule has 1 nitrogen and oxygen atoms in total. The van der Waals surface area contributed by atoms with Gasteiger partial charge in [0.05, 0.1) is 0 Å². The molecule has 1 heterocycles. The molecule has 1 aliphatic rings. The molecule has 60 valence electrons. The van der Waals surface area contributed by atoms with Crippen LogP contribution in [0.25, 0.3) is 0 Å². The third-order valence-electron chi connectivity index (χ3n) is 2.72. The number of hydrogen-bond acceptors (Lipinski definition) is 1. The molecule has 0 N–H and O–H groups in total. The molecule has 0 amide bonds. The standard InChI is InChI=1S/C7H19NSi2/c1-8(2)10-6-4-9(3)5-7-10/h9-10H,4-7H2,1-3H3. The lowest BCUT2D eigenvalue weighted by Gasteiger charge is -2.28. The van der Waals surface area contributed by atoms with Gasteiger partial charge in [-0.25, -0.2) is 0 Å². The first-order valence-electron chi connectivity index (χ1n) is 4.36. The van der Waals surface area contributed by atoms with Gasteiger partial charge in [0.25, 0.3) is 0 Å². The first-order chi connectivity index (χ1) is 4.70. The van der Waals surface area contributed by atoms with Gasteiger partial charge >= 0.3 is 0 Å². The molecule has 0 aromatic carbocycles. The lowest BCUT2D eigenvalue weighted by molar-refractivity contribution is 0.631. The Morgan fingerprint density at radius 3 is 1.90 bits per heavy atom. The molecule has 10 heavy (non-hydrogen) atoms. The van der Waals surface area contributed by atoms with E-state index in [1.54, 1.807) is 24.2 Å². The van der Waals surface area contributed by atoms with Crippen molar-refractivity contribution in [1.82, 2.24) is 4.57 Å². The molecule has 1 rings (SSSR count). The smallest absolute Gasteiger partial charge is 0.110 e. The summed E-state index contributed by atoms with van der Waals surface area (Å²) in [7, 11) is 4.01. The van der Waals surface area contributed by atoms with Gasteiger partial charge in [0, 0.05) is 8.80 Å². The van der Waals surface area contributed by atoms with E-state index in [1.807, 2.05) is 0 Å². The van der Waals surface area contributed by atoms with Crippen molar-refractivity contribution in [2.75, 3.05) is 14.1 Å². The van der Waals surface area contributed by atoms with Crippen LogP contribution >= 0.6 is 0 Å². The van der Waals surface area contributed by atoms with Gasteiger partial charge in [0.15, 0.2) is 0 Å². The summed E-state index contributed by atoms with van der Waals surface area (Å²) in [5, 5.41) is 0. The predicted molar refractivity (Wildman–Crippen MR) is 53.1 cm³/mol. The fraction of sp³-hybridized carbons (Fsp3) is 1.00. The van der Waals surface area contributed by atoms with E-state index in [2.05, 4.69) is 25.2 Å². The van der Waals surface area contributed by atoms with Crippen LogP contribution in [-0.4, -0.2) is 36.4 Å². The van der Waals surface area contributed by atoms with E-state index in [4.69, 9.17) is 0 Å². The van der Waals surface area contributed by atoms with Crippen LogP contribution in [0.2, 0.25) is 30.7 Å². The van der Waals surface area contributed by atoms with Gasteiger partial charge in [-0.1, -0.05) is 18.6 Å². The highest BCUT2D eigenvalue weighted by atomic mass is 28.3. The van der Waals surface area contributed by atoms with E-state index in [0.29, 0.717) is 0 Å². The van der Waals surface area contributed by atoms with Crippen molar-refractivity contribution < 1.29 is 0 Å². The van der Waals surface area contributed by atoms with Crippen molar-refractivity contribution in [3.63, 3.8) is 0 Å². The molecule has 0 aliphatic carbocycles. The zero-order valence-corrected chi connectivity index (χ0v) is 9.74. The van der Waals surface area contributed by atoms with E-state index in [0.717, 1.165) is 0 Å². The summed E-state index contributed by atoms with van der Waals surface area (Å²) in [6, 6.07) is 6.49. The summed E-state index contributed by atoms with van der Waals surface area (Å²) in [5.41, 5.74) is 0. The first kappa shape index (κ1) is 8.49. The Morgan fingerprint density at radius 2 is 1.50 bits per heavy atom. The van der Waals surface area contributed by atoms with Gasteiger partial charge in [0.1, 0.15) is 8.96 Å². The van der Waals surface area contributed by atoms with Crippen LogP contribution in [-0.2, 0) is 0 Å². The van der Waals surface area contributed by atoms with Gasteiger partial charge in [-0.3, -0.25) is 0 Å². The molecule has 0 unspecified atom stereocenters. The molecule has 0 atom stereocenters. The molecule has 0 aromatic rings. The van der Waals surface area contributed by atoms with Crippen LogP contribution in [0.15, 0.2) is 0 Å². The Kier molecular flexibility index (Phi) is 3.13. The third-order valence-corrected chi connectivity index (χ3v) is 10.1. The van der Waals surface area contributed by atoms with E-state index < -0.39 is 0 Å². The molecule has 0 bridgehead atoms. The second kappa shape index (κ2) is 3.69. The van der Waals surface area contributed by atoms with E-state index >= 15 is 0 Å². The Hall–Kier alpha value is 0.394. The fourth-order valence-corrected chi connectivity index (χ4v) is 11.0. The normalized spacial score (nSPS) is 34.8. The van der Waals surface area contributed by atoms with E-state index in [9.17, 15) is 0 Å². The second-order valence-corrected chi connectivity index (χ2v) is 10.7. The molecule has 3 heteroatoms. The van der Waals surface area contributed by atoms with Gasteiger partial charge < -0.3 is 4.57 Å². The van der Waals surface area contributed by atoms with Crippen molar-refractivity contribution in [1.29, 1.82) is 0 Å². The number of rotatable bonds is 1. The highest BCUT2D eigenvalue weighted by Crippen LogP contribution is 2.21. The molecular weight excluding hydrogens is 154 g/mol. The van der Waals surface area contributed by atoms with E-state index in [-0.39, 0.29) is 17.8 Å². The molecule has 1 aliphatic heterocycles. The minimum Gasteiger partial charge on any atom is -0.331 e. The average molecular weight is 173 g/mol. The first-order valence-corrected chi connectivity index (χ1v) is 9.30.